The van der Waals surface area contributed by atoms with Crippen molar-refractivity contribution in [2.45, 2.75) is 23.6 Å². The van der Waals surface area contributed by atoms with Crippen molar-refractivity contribution in [1.29, 1.82) is 0 Å². The maximum Gasteiger partial charge on any atom is 0.243 e. The third-order valence-electron chi connectivity index (χ3n) is 4.97. The lowest BCUT2D eigenvalue weighted by Crippen LogP contribution is -2.53. The molecule has 0 aromatic heterocycles. The number of nitrogens with one attached hydrogen (secondary N) is 3. The van der Waals surface area contributed by atoms with E-state index in [0.29, 0.717) is 11.5 Å². The third kappa shape index (κ3) is 9.19. The van der Waals surface area contributed by atoms with E-state index in [-0.39, 0.29) is 11.8 Å². The molecule has 0 saturated carbocycles. The largest absolute Gasteiger partial charge is 0.497 e. The number of rotatable bonds is 14. The summed E-state index contributed by atoms with van der Waals surface area (Å²) in [5, 5.41) is 8.61. The summed E-state index contributed by atoms with van der Waals surface area (Å²) >= 11 is 3.26. The molecule has 2 atom stereocenters. The topological polar surface area (TPSA) is 88.7 Å². The molecule has 33 heavy (non-hydrogen) atoms. The van der Waals surface area contributed by atoms with Gasteiger partial charge in [0.1, 0.15) is 17.5 Å². The first-order valence-corrected chi connectivity index (χ1v) is 12.9. The van der Waals surface area contributed by atoms with Crippen LogP contribution < -0.4 is 25.4 Å². The molecule has 0 spiro atoms. The standard InChI is InChI=1S/C24H33N3O4S2/c1-25-21(15-32-13-17-5-9-19(30-3)10-6-17)24(29)27-22(23(28)26-2)16-33-14-18-7-11-20(31-4)12-8-18/h5-12,21-22,25H,13-16H2,1-4H3,(H,26,28)(H,27,29)/t21-,22-/m0/s1. The fraction of sp³-hybridized carbons (Fsp3) is 0.417. The SMILES string of the molecule is CNC(=O)[C@H](CSCc1ccc(OC)cc1)NC(=O)[C@H](CSCc1ccc(OC)cc1)NC. The molecule has 0 fully saturated rings. The third-order valence-corrected chi connectivity index (χ3v) is 7.18. The second kappa shape index (κ2) is 14.7. The van der Waals surface area contributed by atoms with Gasteiger partial charge in [0.25, 0.3) is 0 Å². The number of carbonyl (C=O) groups excluding carboxylic acids is 2. The van der Waals surface area contributed by atoms with E-state index in [1.807, 2.05) is 48.5 Å². The van der Waals surface area contributed by atoms with Gasteiger partial charge in [-0.05, 0) is 42.4 Å². The predicted octanol–water partition coefficient (Wildman–Crippen LogP) is 2.69. The Bertz CT molecular complexity index is 863. The lowest BCUT2D eigenvalue weighted by Gasteiger charge is -2.21. The van der Waals surface area contributed by atoms with Gasteiger partial charge in [-0.3, -0.25) is 9.59 Å². The molecule has 0 heterocycles. The monoisotopic (exact) mass is 491 g/mol. The van der Waals surface area contributed by atoms with Crippen LogP contribution in [0.5, 0.6) is 11.5 Å². The minimum atomic E-state index is -0.604. The van der Waals surface area contributed by atoms with Crippen molar-refractivity contribution < 1.29 is 19.1 Å². The highest BCUT2D eigenvalue weighted by atomic mass is 32.2. The number of methoxy groups -OCH3 is 2. The molecular formula is C24H33N3O4S2. The molecule has 0 saturated heterocycles. The minimum absolute atomic E-state index is 0.182. The first kappa shape index (κ1) is 26.9. The number of hydrogen-bond donors (Lipinski definition) is 3. The molecule has 3 N–H and O–H groups in total. The van der Waals surface area contributed by atoms with Crippen molar-refractivity contribution >= 4 is 35.3 Å². The Balaban J connectivity index is 1.83. The van der Waals surface area contributed by atoms with Crippen LogP contribution in [0.2, 0.25) is 0 Å². The summed E-state index contributed by atoms with van der Waals surface area (Å²) in [4.78, 5) is 25.2. The Morgan fingerprint density at radius 1 is 0.758 bits per heavy atom. The maximum atomic E-state index is 12.8. The maximum absolute atomic E-state index is 12.8. The summed E-state index contributed by atoms with van der Waals surface area (Å²) in [6, 6.07) is 14.7. The number of hydrogen-bond acceptors (Lipinski definition) is 7. The number of likely N-dealkylation sites (N-methyl/N-ethyl adjacent to an activating group) is 2. The van der Waals surface area contributed by atoms with E-state index in [0.717, 1.165) is 34.1 Å². The minimum Gasteiger partial charge on any atom is -0.497 e. The van der Waals surface area contributed by atoms with E-state index in [4.69, 9.17) is 9.47 Å². The number of thioether (sulfide) groups is 2. The predicted molar refractivity (Wildman–Crippen MR) is 137 cm³/mol. The van der Waals surface area contributed by atoms with Gasteiger partial charge in [-0.2, -0.15) is 23.5 Å². The summed E-state index contributed by atoms with van der Waals surface area (Å²) in [7, 11) is 6.61. The smallest absolute Gasteiger partial charge is 0.243 e. The van der Waals surface area contributed by atoms with Crippen LogP contribution >= 0.6 is 23.5 Å². The normalized spacial score (nSPS) is 12.5. The molecule has 0 unspecified atom stereocenters. The highest BCUT2D eigenvalue weighted by Gasteiger charge is 2.24. The van der Waals surface area contributed by atoms with Crippen LogP contribution in [0.4, 0.5) is 0 Å². The second-order valence-electron chi connectivity index (χ2n) is 7.24. The van der Waals surface area contributed by atoms with Crippen molar-refractivity contribution in [2.24, 2.45) is 0 Å². The Morgan fingerprint density at radius 3 is 1.61 bits per heavy atom. The van der Waals surface area contributed by atoms with Crippen LogP contribution in [-0.4, -0.2) is 63.7 Å². The highest BCUT2D eigenvalue weighted by molar-refractivity contribution is 7.98. The van der Waals surface area contributed by atoms with Crippen molar-refractivity contribution in [3.05, 3.63) is 59.7 Å². The fourth-order valence-electron chi connectivity index (χ4n) is 2.95. The summed E-state index contributed by atoms with van der Waals surface area (Å²) < 4.78 is 10.4. The molecule has 7 nitrogen and oxygen atoms in total. The highest BCUT2D eigenvalue weighted by Crippen LogP contribution is 2.19. The van der Waals surface area contributed by atoms with Crippen molar-refractivity contribution in [1.82, 2.24) is 16.0 Å². The van der Waals surface area contributed by atoms with Crippen LogP contribution in [0.1, 0.15) is 11.1 Å². The Labute approximate surface area is 204 Å². The average molecular weight is 492 g/mol. The number of benzene rings is 2. The van der Waals surface area contributed by atoms with Crippen molar-refractivity contribution in [3.8, 4) is 11.5 Å². The lowest BCUT2D eigenvalue weighted by atomic mass is 10.2. The van der Waals surface area contributed by atoms with E-state index >= 15 is 0 Å². The van der Waals surface area contributed by atoms with Gasteiger partial charge in [-0.25, -0.2) is 0 Å². The van der Waals surface area contributed by atoms with Gasteiger partial charge in [-0.15, -0.1) is 0 Å². The van der Waals surface area contributed by atoms with Gasteiger partial charge in [0.05, 0.1) is 20.3 Å². The van der Waals surface area contributed by atoms with E-state index in [1.54, 1.807) is 51.8 Å². The number of amides is 2. The van der Waals surface area contributed by atoms with Crippen molar-refractivity contribution in [3.63, 3.8) is 0 Å². The van der Waals surface area contributed by atoms with Crippen LogP contribution in [0.15, 0.2) is 48.5 Å². The molecule has 2 amide bonds. The molecular weight excluding hydrogens is 458 g/mol. The Hall–Kier alpha value is -2.36. The Kier molecular flexibility index (Phi) is 12.0. The summed E-state index contributed by atoms with van der Waals surface area (Å²) in [6.07, 6.45) is 0. The molecule has 9 heteroatoms. The van der Waals surface area contributed by atoms with Gasteiger partial charge in [0, 0.05) is 30.1 Å². The van der Waals surface area contributed by atoms with E-state index in [1.165, 1.54) is 0 Å². The zero-order valence-corrected chi connectivity index (χ0v) is 21.2. The van der Waals surface area contributed by atoms with Crippen LogP contribution in [0.3, 0.4) is 0 Å². The molecule has 0 aliphatic carbocycles. The lowest BCUT2D eigenvalue weighted by molar-refractivity contribution is -0.128. The van der Waals surface area contributed by atoms with E-state index in [2.05, 4.69) is 16.0 Å². The van der Waals surface area contributed by atoms with Gasteiger partial charge < -0.3 is 25.4 Å². The number of carbonyl (C=O) groups is 2. The zero-order valence-electron chi connectivity index (χ0n) is 19.6. The van der Waals surface area contributed by atoms with Gasteiger partial charge in [0.15, 0.2) is 0 Å². The van der Waals surface area contributed by atoms with Gasteiger partial charge >= 0.3 is 0 Å². The summed E-state index contributed by atoms with van der Waals surface area (Å²) in [5.74, 6) is 3.83. The second-order valence-corrected chi connectivity index (χ2v) is 9.30. The molecule has 2 rings (SSSR count). The molecule has 0 radical (unpaired) electrons. The summed E-state index contributed by atoms with van der Waals surface area (Å²) in [6.45, 7) is 0. The zero-order chi connectivity index (χ0) is 24.1. The molecule has 0 aliphatic rings. The average Bonchev–Trinajstić information content (AvgIpc) is 2.86. The van der Waals surface area contributed by atoms with Crippen LogP contribution in [0.25, 0.3) is 0 Å². The number of ether oxygens (including phenoxy) is 2. The Morgan fingerprint density at radius 2 is 1.21 bits per heavy atom. The van der Waals surface area contributed by atoms with Gasteiger partial charge in [0.2, 0.25) is 11.8 Å². The van der Waals surface area contributed by atoms with E-state index in [9.17, 15) is 9.59 Å². The van der Waals surface area contributed by atoms with Crippen LogP contribution in [0, 0.1) is 0 Å². The van der Waals surface area contributed by atoms with Gasteiger partial charge in [-0.1, -0.05) is 24.3 Å². The first-order chi connectivity index (χ1) is 16.0. The first-order valence-electron chi connectivity index (χ1n) is 10.6. The summed E-state index contributed by atoms with van der Waals surface area (Å²) in [5.41, 5.74) is 2.29. The molecule has 2 aromatic rings. The molecule has 0 bridgehead atoms. The molecule has 0 aliphatic heterocycles. The van der Waals surface area contributed by atoms with E-state index < -0.39 is 12.1 Å². The quantitative estimate of drug-likeness (QED) is 0.374. The molecule has 180 valence electrons. The van der Waals surface area contributed by atoms with Crippen LogP contribution in [-0.2, 0) is 21.1 Å². The van der Waals surface area contributed by atoms with Crippen molar-refractivity contribution in [2.75, 3.05) is 39.8 Å². The molecule has 2 aromatic carbocycles. The fourth-order valence-corrected chi connectivity index (χ4v) is 5.07.